The first-order valence-corrected chi connectivity index (χ1v) is 12.3. The van der Waals surface area contributed by atoms with Crippen LogP contribution in [0, 0.1) is 5.82 Å². The van der Waals surface area contributed by atoms with E-state index in [2.05, 4.69) is 19.8 Å². The molecule has 0 saturated heterocycles. The Kier molecular flexibility index (Phi) is 5.70. The number of nitrogens with one attached hydrogen (secondary N) is 1. The topological polar surface area (TPSA) is 134 Å². The van der Waals surface area contributed by atoms with Crippen LogP contribution in [0.5, 0.6) is 11.8 Å². The van der Waals surface area contributed by atoms with E-state index in [-0.39, 0.29) is 22.2 Å². The standard InChI is InChI=1S/C22H23FN6O4S/c1-32-19-10-16(17(23)11-25-19)15-7-6-13-4-2-5-14(13)20(15)27-22(30)28-34(24,31)18-12-26-29-8-3-9-33-21(18)29/h6-7,10-12H,2-5,8-9H2,1H3,(H3,24,27,28,30,31). The number of hydrogen-bond acceptors (Lipinski definition) is 6. The van der Waals surface area contributed by atoms with Crippen molar-refractivity contribution in [3.05, 3.63) is 47.5 Å². The highest BCUT2D eigenvalue weighted by Crippen LogP contribution is 2.39. The molecule has 1 atom stereocenters. The lowest BCUT2D eigenvalue weighted by Crippen LogP contribution is -2.21. The first kappa shape index (κ1) is 22.3. The molecular formula is C22H23FN6O4S. The summed E-state index contributed by atoms with van der Waals surface area (Å²) in [6.45, 7) is 1.03. The van der Waals surface area contributed by atoms with Crippen molar-refractivity contribution < 1.29 is 22.9 Å². The van der Waals surface area contributed by atoms with E-state index < -0.39 is 21.8 Å². The molecular weight excluding hydrogens is 463 g/mol. The first-order valence-electron chi connectivity index (χ1n) is 10.8. The maximum absolute atomic E-state index is 14.7. The normalized spacial score (nSPS) is 16.1. The van der Waals surface area contributed by atoms with Gasteiger partial charge in [0.25, 0.3) is 0 Å². The van der Waals surface area contributed by atoms with Crippen LogP contribution < -0.4 is 19.9 Å². The molecule has 0 fully saturated rings. The Labute approximate surface area is 195 Å². The van der Waals surface area contributed by atoms with E-state index in [1.807, 2.05) is 6.07 Å². The van der Waals surface area contributed by atoms with Crippen molar-refractivity contribution in [2.75, 3.05) is 19.0 Å². The summed E-state index contributed by atoms with van der Waals surface area (Å²) in [5, 5.41) is 12.8. The minimum absolute atomic E-state index is 0.0609. The van der Waals surface area contributed by atoms with Crippen molar-refractivity contribution in [3.63, 3.8) is 0 Å². The second kappa shape index (κ2) is 8.69. The number of ether oxygens (including phenoxy) is 2. The average Bonchev–Trinajstić information content (AvgIpc) is 3.47. The Balaban J connectivity index is 1.55. The monoisotopic (exact) mass is 486 g/mol. The molecule has 2 aromatic heterocycles. The fraction of sp³-hybridized carbons (Fsp3) is 0.318. The van der Waals surface area contributed by atoms with Crippen LogP contribution in [0.2, 0.25) is 0 Å². The molecule has 2 amide bonds. The molecule has 0 spiro atoms. The predicted octanol–water partition coefficient (Wildman–Crippen LogP) is 3.30. The molecule has 12 heteroatoms. The number of benzene rings is 1. The summed E-state index contributed by atoms with van der Waals surface area (Å²) >= 11 is 0. The lowest BCUT2D eigenvalue weighted by molar-refractivity contribution is 0.224. The van der Waals surface area contributed by atoms with Gasteiger partial charge in [0, 0.05) is 30.2 Å². The number of urea groups is 1. The van der Waals surface area contributed by atoms with E-state index in [9.17, 15) is 13.4 Å². The lowest BCUT2D eigenvalue weighted by atomic mass is 9.97. The van der Waals surface area contributed by atoms with Crippen molar-refractivity contribution in [1.29, 1.82) is 0 Å². The summed E-state index contributed by atoms with van der Waals surface area (Å²) in [5.41, 5.74) is 2.99. The molecule has 3 aromatic rings. The molecule has 3 N–H and O–H groups in total. The van der Waals surface area contributed by atoms with E-state index in [1.165, 1.54) is 19.4 Å². The van der Waals surface area contributed by atoms with Gasteiger partial charge in [0.2, 0.25) is 11.8 Å². The quantitative estimate of drug-likeness (QED) is 0.581. The number of carbonyl (C=O) groups excluding carboxylic acids is 1. The second-order valence-corrected chi connectivity index (χ2v) is 9.77. The van der Waals surface area contributed by atoms with Crippen molar-refractivity contribution in [1.82, 2.24) is 14.8 Å². The molecule has 1 unspecified atom stereocenters. The van der Waals surface area contributed by atoms with Gasteiger partial charge >= 0.3 is 6.03 Å². The maximum atomic E-state index is 14.7. The van der Waals surface area contributed by atoms with Crippen LogP contribution in [0.4, 0.5) is 14.9 Å². The highest BCUT2D eigenvalue weighted by molar-refractivity contribution is 7.91. The highest BCUT2D eigenvalue weighted by atomic mass is 32.2. The number of anilines is 1. The molecule has 10 nitrogen and oxygen atoms in total. The largest absolute Gasteiger partial charge is 0.481 e. The van der Waals surface area contributed by atoms with Gasteiger partial charge in [0.15, 0.2) is 9.92 Å². The number of aryl methyl sites for hydroxylation is 2. The van der Waals surface area contributed by atoms with Crippen molar-refractivity contribution in [2.24, 2.45) is 9.50 Å². The number of hydrogen-bond donors (Lipinski definition) is 2. The summed E-state index contributed by atoms with van der Waals surface area (Å²) in [6, 6.07) is 4.20. The number of carbonyl (C=O) groups is 1. The number of nitrogens with two attached hydrogens (primary N) is 1. The van der Waals surface area contributed by atoms with Gasteiger partial charge in [-0.3, -0.25) is 0 Å². The summed E-state index contributed by atoms with van der Waals surface area (Å²) in [4.78, 5) is 16.9. The smallest absolute Gasteiger partial charge is 0.354 e. The number of fused-ring (bicyclic) bond motifs is 2. The third-order valence-electron chi connectivity index (χ3n) is 5.89. The summed E-state index contributed by atoms with van der Waals surface area (Å²) < 4.78 is 43.9. The van der Waals surface area contributed by atoms with Gasteiger partial charge in [0.1, 0.15) is 10.7 Å². The predicted molar refractivity (Wildman–Crippen MR) is 123 cm³/mol. The summed E-state index contributed by atoms with van der Waals surface area (Å²) in [6.07, 6.45) is 5.57. The Bertz CT molecular complexity index is 1410. The van der Waals surface area contributed by atoms with Gasteiger partial charge in [-0.2, -0.15) is 5.10 Å². The summed E-state index contributed by atoms with van der Waals surface area (Å²) in [7, 11) is -2.20. The van der Waals surface area contributed by atoms with Gasteiger partial charge in [-0.1, -0.05) is 12.1 Å². The number of amides is 2. The molecule has 1 aliphatic carbocycles. The first-order chi connectivity index (χ1) is 16.4. The summed E-state index contributed by atoms with van der Waals surface area (Å²) in [5.74, 6) is -0.0881. The SMILES string of the molecule is COc1cc(-c2ccc3c(c2NC(=O)N=S(N)(=O)c2cnn4c2OCCC4)CCC3)c(F)cn1. The zero-order chi connectivity index (χ0) is 23.9. The Hall–Kier alpha value is -3.51. The molecule has 0 bridgehead atoms. The molecule has 0 saturated carbocycles. The van der Waals surface area contributed by atoms with Crippen molar-refractivity contribution in [2.45, 2.75) is 37.1 Å². The van der Waals surface area contributed by atoms with E-state index in [0.29, 0.717) is 30.8 Å². The maximum Gasteiger partial charge on any atom is 0.354 e. The number of nitrogens with zero attached hydrogens (tertiary/aromatic N) is 4. The van der Waals surface area contributed by atoms with Crippen LogP contribution in [0.3, 0.4) is 0 Å². The third-order valence-corrected chi connectivity index (χ3v) is 7.24. The number of halogens is 1. The number of methoxy groups -OCH3 is 1. The molecule has 1 aliphatic heterocycles. The lowest BCUT2D eigenvalue weighted by Gasteiger charge is -2.17. The van der Waals surface area contributed by atoms with Crippen LogP contribution in [0.15, 0.2) is 39.9 Å². The van der Waals surface area contributed by atoms with Gasteiger partial charge in [-0.25, -0.2) is 28.2 Å². The van der Waals surface area contributed by atoms with E-state index in [1.54, 1.807) is 10.7 Å². The molecule has 1 aromatic carbocycles. The van der Waals surface area contributed by atoms with Crippen LogP contribution in [-0.2, 0) is 29.3 Å². The van der Waals surface area contributed by atoms with Gasteiger partial charge in [0.05, 0.1) is 31.8 Å². The minimum Gasteiger partial charge on any atom is -0.481 e. The zero-order valence-corrected chi connectivity index (χ0v) is 19.2. The molecule has 3 heterocycles. The zero-order valence-electron chi connectivity index (χ0n) is 18.4. The molecule has 0 radical (unpaired) electrons. The van der Waals surface area contributed by atoms with Gasteiger partial charge in [-0.05, 0) is 30.4 Å². The second-order valence-electron chi connectivity index (χ2n) is 8.02. The molecule has 34 heavy (non-hydrogen) atoms. The minimum atomic E-state index is -3.64. The third kappa shape index (κ3) is 3.99. The highest BCUT2D eigenvalue weighted by Gasteiger charge is 2.26. The fourth-order valence-corrected chi connectivity index (χ4v) is 5.32. The van der Waals surface area contributed by atoms with Crippen LogP contribution in [-0.4, -0.2) is 38.7 Å². The van der Waals surface area contributed by atoms with Crippen molar-refractivity contribution >= 4 is 21.6 Å². The number of rotatable bonds is 4. The Morgan fingerprint density at radius 2 is 2.15 bits per heavy atom. The van der Waals surface area contributed by atoms with Crippen LogP contribution in [0.25, 0.3) is 11.1 Å². The van der Waals surface area contributed by atoms with Crippen LogP contribution in [0.1, 0.15) is 24.0 Å². The Morgan fingerprint density at radius 1 is 1.29 bits per heavy atom. The van der Waals surface area contributed by atoms with Gasteiger partial charge < -0.3 is 14.8 Å². The van der Waals surface area contributed by atoms with Crippen LogP contribution >= 0.6 is 0 Å². The Morgan fingerprint density at radius 3 is 2.97 bits per heavy atom. The van der Waals surface area contributed by atoms with Crippen molar-refractivity contribution in [3.8, 4) is 22.9 Å². The van der Waals surface area contributed by atoms with E-state index in [4.69, 9.17) is 14.6 Å². The average molecular weight is 487 g/mol. The van der Waals surface area contributed by atoms with E-state index in [0.717, 1.165) is 36.6 Å². The number of aromatic nitrogens is 3. The van der Waals surface area contributed by atoms with Gasteiger partial charge in [-0.15, -0.1) is 4.36 Å². The molecule has 5 rings (SSSR count). The molecule has 178 valence electrons. The fourth-order valence-electron chi connectivity index (χ4n) is 4.32. The number of pyridine rings is 1. The van der Waals surface area contributed by atoms with E-state index >= 15 is 0 Å². The molecule has 2 aliphatic rings.